The maximum atomic E-state index is 4.48. The van der Waals surface area contributed by atoms with E-state index < -0.39 is 0 Å². The van der Waals surface area contributed by atoms with Crippen molar-refractivity contribution in [2.75, 3.05) is 0 Å². The van der Waals surface area contributed by atoms with Gasteiger partial charge in [0.15, 0.2) is 0 Å². The first kappa shape index (κ1) is 22.2. The number of benzene rings is 1. The Bertz CT molecular complexity index is 661. The number of nitrogens with zero attached hydrogens (tertiary/aromatic N) is 1. The Morgan fingerprint density at radius 3 is 2.04 bits per heavy atom. The van der Waals surface area contributed by atoms with Gasteiger partial charge in [-0.15, -0.1) is 0 Å². The summed E-state index contributed by atoms with van der Waals surface area (Å²) in [4.78, 5) is 4.48. The Morgan fingerprint density at radius 2 is 1.54 bits per heavy atom. The molecule has 0 N–H and O–H groups in total. The van der Waals surface area contributed by atoms with Crippen molar-refractivity contribution < 1.29 is 0 Å². The second-order valence-corrected chi connectivity index (χ2v) is 7.86. The summed E-state index contributed by atoms with van der Waals surface area (Å²) in [6, 6.07) is 10.7. The van der Waals surface area contributed by atoms with Crippen molar-refractivity contribution in [3.8, 4) is 0 Å². The van der Waals surface area contributed by atoms with Gasteiger partial charge in [0.25, 0.3) is 0 Å². The lowest BCUT2D eigenvalue weighted by Gasteiger charge is -2.28. The van der Waals surface area contributed by atoms with E-state index >= 15 is 0 Å². The standard InChI is InChI=1S/C25H37N/c1-9-17-26-20(6)15-16-24(23-13-11-10-12-14-23)21(7)22(8)25(18(2)3)19(4)5/h9-14,16-19,25H,15H2,1-8H3/b17-9-,22-21+,24-16+,26-20+. The maximum Gasteiger partial charge on any atom is 0.0224 e. The predicted molar refractivity (Wildman–Crippen MR) is 118 cm³/mol. The normalized spacial score (nSPS) is 14.7. The van der Waals surface area contributed by atoms with E-state index in [1.165, 1.54) is 22.3 Å². The molecular weight excluding hydrogens is 314 g/mol. The highest BCUT2D eigenvalue weighted by atomic mass is 14.7. The fraction of sp³-hybridized carbons (Fsp3) is 0.480. The molecule has 26 heavy (non-hydrogen) atoms. The molecule has 0 amide bonds. The molecule has 1 aromatic rings. The Labute approximate surface area is 161 Å². The van der Waals surface area contributed by atoms with Crippen LogP contribution in [0, 0.1) is 17.8 Å². The Morgan fingerprint density at radius 1 is 0.962 bits per heavy atom. The first-order valence-electron chi connectivity index (χ1n) is 9.87. The van der Waals surface area contributed by atoms with Crippen LogP contribution in [-0.4, -0.2) is 5.71 Å². The van der Waals surface area contributed by atoms with Gasteiger partial charge in [-0.25, -0.2) is 0 Å². The van der Waals surface area contributed by atoms with Crippen molar-refractivity contribution in [1.82, 2.24) is 0 Å². The molecule has 142 valence electrons. The summed E-state index contributed by atoms with van der Waals surface area (Å²) in [5.74, 6) is 1.87. The summed E-state index contributed by atoms with van der Waals surface area (Å²) < 4.78 is 0. The third-order valence-corrected chi connectivity index (χ3v) is 5.06. The zero-order valence-electron chi connectivity index (χ0n) is 18.0. The zero-order chi connectivity index (χ0) is 19.7. The highest BCUT2D eigenvalue weighted by Gasteiger charge is 2.22. The van der Waals surface area contributed by atoms with E-state index in [1.54, 1.807) is 0 Å². The molecule has 0 unspecified atom stereocenters. The Hall–Kier alpha value is -1.89. The minimum Gasteiger partial charge on any atom is -0.266 e. The molecule has 1 heteroatoms. The summed E-state index contributed by atoms with van der Waals surface area (Å²) in [6.45, 7) is 18.0. The fourth-order valence-corrected chi connectivity index (χ4v) is 3.84. The SMILES string of the molecule is C/C=C\N=C(/C)C/C=C(\C(C)=C(/C)C(C(C)C)C(C)C)c1ccccc1. The molecule has 1 nitrogen and oxygen atoms in total. The van der Waals surface area contributed by atoms with Crippen LogP contribution in [0.5, 0.6) is 0 Å². The van der Waals surface area contributed by atoms with Crippen LogP contribution < -0.4 is 0 Å². The molecule has 0 aliphatic rings. The first-order valence-corrected chi connectivity index (χ1v) is 9.87. The second kappa shape index (κ2) is 11.0. The smallest absolute Gasteiger partial charge is 0.0224 e. The zero-order valence-corrected chi connectivity index (χ0v) is 18.0. The number of hydrogen-bond donors (Lipinski definition) is 0. The molecule has 0 aromatic heterocycles. The van der Waals surface area contributed by atoms with Crippen molar-refractivity contribution in [1.29, 1.82) is 0 Å². The minimum atomic E-state index is 0.597. The lowest BCUT2D eigenvalue weighted by Crippen LogP contribution is -2.18. The summed E-state index contributed by atoms with van der Waals surface area (Å²) in [7, 11) is 0. The molecule has 0 aliphatic heterocycles. The molecule has 0 atom stereocenters. The monoisotopic (exact) mass is 351 g/mol. The minimum absolute atomic E-state index is 0.597. The van der Waals surface area contributed by atoms with Crippen LogP contribution >= 0.6 is 0 Å². The van der Waals surface area contributed by atoms with Crippen molar-refractivity contribution in [3.05, 3.63) is 65.4 Å². The summed E-state index contributed by atoms with van der Waals surface area (Å²) in [5, 5.41) is 0. The molecule has 0 saturated carbocycles. The second-order valence-electron chi connectivity index (χ2n) is 7.86. The topological polar surface area (TPSA) is 12.4 Å². The Balaban J connectivity index is 3.38. The quantitative estimate of drug-likeness (QED) is 0.336. The lowest BCUT2D eigenvalue weighted by molar-refractivity contribution is 0.336. The molecule has 0 aliphatic carbocycles. The van der Waals surface area contributed by atoms with Crippen LogP contribution in [0.1, 0.15) is 67.4 Å². The number of aliphatic imine (C=N–C) groups is 1. The largest absolute Gasteiger partial charge is 0.266 e. The Kier molecular flexibility index (Phi) is 9.34. The average molecular weight is 352 g/mol. The molecule has 0 fully saturated rings. The van der Waals surface area contributed by atoms with E-state index in [9.17, 15) is 0 Å². The number of allylic oxidation sites excluding steroid dienone is 5. The maximum absolute atomic E-state index is 4.48. The van der Waals surface area contributed by atoms with Crippen LogP contribution in [-0.2, 0) is 0 Å². The third-order valence-electron chi connectivity index (χ3n) is 5.06. The van der Waals surface area contributed by atoms with Crippen LogP contribution in [0.25, 0.3) is 5.57 Å². The lowest BCUT2D eigenvalue weighted by atomic mass is 9.77. The summed E-state index contributed by atoms with van der Waals surface area (Å²) >= 11 is 0. The van der Waals surface area contributed by atoms with Gasteiger partial charge in [-0.1, -0.05) is 75.8 Å². The molecule has 0 heterocycles. The number of rotatable bonds is 8. The molecule has 0 radical (unpaired) electrons. The van der Waals surface area contributed by atoms with E-state index in [0.29, 0.717) is 17.8 Å². The van der Waals surface area contributed by atoms with Gasteiger partial charge < -0.3 is 0 Å². The predicted octanol–water partition coefficient (Wildman–Crippen LogP) is 7.72. The third kappa shape index (κ3) is 6.44. The average Bonchev–Trinajstić information content (AvgIpc) is 2.60. The van der Waals surface area contributed by atoms with Gasteiger partial charge in [0.1, 0.15) is 0 Å². The van der Waals surface area contributed by atoms with E-state index in [1.807, 2.05) is 19.2 Å². The van der Waals surface area contributed by atoms with Gasteiger partial charge in [-0.2, -0.15) is 0 Å². The highest BCUT2D eigenvalue weighted by Crippen LogP contribution is 2.35. The van der Waals surface area contributed by atoms with Gasteiger partial charge in [-0.05, 0) is 62.2 Å². The van der Waals surface area contributed by atoms with E-state index in [0.717, 1.165) is 12.1 Å². The molecular formula is C25H37N. The van der Waals surface area contributed by atoms with Gasteiger partial charge in [0.05, 0.1) is 0 Å². The fourth-order valence-electron chi connectivity index (χ4n) is 3.84. The first-order chi connectivity index (χ1) is 12.3. The summed E-state index contributed by atoms with van der Waals surface area (Å²) in [5.41, 5.74) is 6.67. The van der Waals surface area contributed by atoms with Crippen molar-refractivity contribution in [3.63, 3.8) is 0 Å². The highest BCUT2D eigenvalue weighted by molar-refractivity contribution is 5.88. The summed E-state index contributed by atoms with van der Waals surface area (Å²) in [6.07, 6.45) is 7.05. The molecule has 0 bridgehead atoms. The van der Waals surface area contributed by atoms with Crippen LogP contribution in [0.15, 0.2) is 64.8 Å². The number of hydrogen-bond acceptors (Lipinski definition) is 1. The van der Waals surface area contributed by atoms with Gasteiger partial charge in [-0.3, -0.25) is 4.99 Å². The van der Waals surface area contributed by atoms with E-state index in [2.05, 4.69) is 89.9 Å². The molecule has 1 aromatic carbocycles. The van der Waals surface area contributed by atoms with Crippen LogP contribution in [0.2, 0.25) is 0 Å². The van der Waals surface area contributed by atoms with Crippen LogP contribution in [0.4, 0.5) is 0 Å². The van der Waals surface area contributed by atoms with Crippen molar-refractivity contribution in [2.24, 2.45) is 22.7 Å². The van der Waals surface area contributed by atoms with Crippen LogP contribution in [0.3, 0.4) is 0 Å². The van der Waals surface area contributed by atoms with E-state index in [-0.39, 0.29) is 0 Å². The molecule has 0 saturated heterocycles. The molecule has 0 spiro atoms. The van der Waals surface area contributed by atoms with Crippen molar-refractivity contribution in [2.45, 2.75) is 61.8 Å². The van der Waals surface area contributed by atoms with Gasteiger partial charge in [0.2, 0.25) is 0 Å². The van der Waals surface area contributed by atoms with E-state index in [4.69, 9.17) is 0 Å². The molecule has 1 rings (SSSR count). The van der Waals surface area contributed by atoms with Crippen molar-refractivity contribution >= 4 is 11.3 Å². The van der Waals surface area contributed by atoms with Gasteiger partial charge >= 0.3 is 0 Å². The van der Waals surface area contributed by atoms with Gasteiger partial charge in [0, 0.05) is 18.3 Å².